The number of hydrazine groups is 1. The van der Waals surface area contributed by atoms with Crippen LogP contribution in [0.2, 0.25) is 0 Å². The van der Waals surface area contributed by atoms with Crippen molar-refractivity contribution in [2.45, 2.75) is 6.54 Å². The van der Waals surface area contributed by atoms with Crippen LogP contribution in [0.15, 0.2) is 48.5 Å². The quantitative estimate of drug-likeness (QED) is 0.702. The number of halogens is 1. The fourth-order valence-corrected chi connectivity index (χ4v) is 3.03. The largest absolute Gasteiger partial charge is 0.321 e. The van der Waals surface area contributed by atoms with E-state index in [1.807, 2.05) is 19.2 Å². The summed E-state index contributed by atoms with van der Waals surface area (Å²) in [5.41, 5.74) is 6.44. The summed E-state index contributed by atoms with van der Waals surface area (Å²) in [6.07, 6.45) is 0. The summed E-state index contributed by atoms with van der Waals surface area (Å²) < 4.78 is 15.3. The zero-order valence-corrected chi connectivity index (χ0v) is 13.3. The third-order valence-electron chi connectivity index (χ3n) is 4.03. The lowest BCUT2D eigenvalue weighted by atomic mass is 10.2. The summed E-state index contributed by atoms with van der Waals surface area (Å²) in [6, 6.07) is 14.7. The molecule has 1 aromatic heterocycles. The van der Waals surface area contributed by atoms with Gasteiger partial charge in [0.2, 0.25) is 0 Å². The Morgan fingerprint density at radius 2 is 1.83 bits per heavy atom. The number of benzene rings is 2. The third-order valence-corrected chi connectivity index (χ3v) is 4.41. The topological polar surface area (TPSA) is 32.2 Å². The van der Waals surface area contributed by atoms with E-state index in [0.29, 0.717) is 11.7 Å². The molecule has 0 fully saturated rings. The lowest BCUT2D eigenvalue weighted by Crippen LogP contribution is -2.40. The molecule has 0 spiro atoms. The Morgan fingerprint density at radius 3 is 2.61 bits per heavy atom. The van der Waals surface area contributed by atoms with Crippen molar-refractivity contribution >= 4 is 39.7 Å². The molecule has 0 aliphatic carbocycles. The number of hydrogen-bond donors (Lipinski definition) is 2. The van der Waals surface area contributed by atoms with Gasteiger partial charge >= 0.3 is 0 Å². The molecule has 4 rings (SSSR count). The normalized spacial score (nSPS) is 13.7. The maximum Gasteiger partial charge on any atom is 0.193 e. The van der Waals surface area contributed by atoms with Gasteiger partial charge in [0.1, 0.15) is 17.3 Å². The highest BCUT2D eigenvalue weighted by Gasteiger charge is 2.24. The zero-order valence-electron chi connectivity index (χ0n) is 12.5. The molecule has 0 radical (unpaired) electrons. The first-order valence-corrected chi connectivity index (χ1v) is 7.71. The van der Waals surface area contributed by atoms with Crippen LogP contribution in [0.1, 0.15) is 5.56 Å². The van der Waals surface area contributed by atoms with E-state index in [2.05, 4.69) is 27.4 Å². The molecule has 0 atom stereocenters. The van der Waals surface area contributed by atoms with Gasteiger partial charge in [-0.15, -0.1) is 0 Å². The van der Waals surface area contributed by atoms with Gasteiger partial charge in [0.05, 0.1) is 5.52 Å². The van der Waals surface area contributed by atoms with Gasteiger partial charge in [-0.2, -0.15) is 0 Å². The van der Waals surface area contributed by atoms with Gasteiger partial charge < -0.3 is 9.88 Å². The first kappa shape index (κ1) is 14.0. The van der Waals surface area contributed by atoms with Gasteiger partial charge in [0, 0.05) is 19.0 Å². The Hall–Kier alpha value is -2.60. The van der Waals surface area contributed by atoms with Crippen molar-refractivity contribution in [1.82, 2.24) is 9.58 Å². The van der Waals surface area contributed by atoms with Gasteiger partial charge in [-0.05, 0) is 36.0 Å². The summed E-state index contributed by atoms with van der Waals surface area (Å²) in [4.78, 5) is 0. The van der Waals surface area contributed by atoms with Crippen LogP contribution in [-0.4, -0.2) is 21.7 Å². The minimum atomic E-state index is -0.226. The lowest BCUT2D eigenvalue weighted by Gasteiger charge is -2.29. The maximum atomic E-state index is 13.1. The summed E-state index contributed by atoms with van der Waals surface area (Å²) in [5, 5.41) is 6.80. The van der Waals surface area contributed by atoms with Crippen molar-refractivity contribution in [3.63, 3.8) is 0 Å². The second-order valence-corrected chi connectivity index (χ2v) is 5.94. The fourth-order valence-electron chi connectivity index (χ4n) is 2.89. The summed E-state index contributed by atoms with van der Waals surface area (Å²) in [7, 11) is 1.88. The van der Waals surface area contributed by atoms with Gasteiger partial charge in [-0.3, -0.25) is 10.4 Å². The average molecular weight is 326 g/mol. The number of anilines is 2. The van der Waals surface area contributed by atoms with Crippen molar-refractivity contribution in [2.75, 3.05) is 17.8 Å². The molecular formula is C17H15FN4S. The SMILES string of the molecule is CN1Nc2c(n(Cc3ccc(F)cc3)c3ccccc23)NC1=S. The minimum absolute atomic E-state index is 0.226. The molecule has 4 nitrogen and oxygen atoms in total. The summed E-state index contributed by atoms with van der Waals surface area (Å²) >= 11 is 5.34. The zero-order chi connectivity index (χ0) is 16.0. The number of para-hydroxylation sites is 1. The van der Waals surface area contributed by atoms with E-state index in [-0.39, 0.29) is 5.82 Å². The molecule has 6 heteroatoms. The maximum absolute atomic E-state index is 13.1. The predicted octanol–water partition coefficient (Wildman–Crippen LogP) is 3.80. The van der Waals surface area contributed by atoms with E-state index in [9.17, 15) is 4.39 Å². The van der Waals surface area contributed by atoms with Gasteiger partial charge in [-0.25, -0.2) is 4.39 Å². The molecule has 0 bridgehead atoms. The second kappa shape index (κ2) is 5.24. The average Bonchev–Trinajstić information content (AvgIpc) is 2.84. The van der Waals surface area contributed by atoms with Crippen LogP contribution in [-0.2, 0) is 6.54 Å². The molecule has 0 unspecified atom stereocenters. The molecule has 0 amide bonds. The summed E-state index contributed by atoms with van der Waals surface area (Å²) in [6.45, 7) is 0.636. The van der Waals surface area contributed by atoms with E-state index in [4.69, 9.17) is 12.2 Å². The smallest absolute Gasteiger partial charge is 0.193 e. The molecule has 1 aliphatic heterocycles. The highest BCUT2D eigenvalue weighted by Crippen LogP contribution is 2.38. The molecule has 2 N–H and O–H groups in total. The molecule has 23 heavy (non-hydrogen) atoms. The Bertz CT molecular complexity index is 901. The monoisotopic (exact) mass is 326 g/mol. The number of nitrogens with zero attached hydrogens (tertiary/aromatic N) is 2. The van der Waals surface area contributed by atoms with E-state index in [1.54, 1.807) is 17.1 Å². The lowest BCUT2D eigenvalue weighted by molar-refractivity contribution is 0.611. The second-order valence-electron chi connectivity index (χ2n) is 5.55. The molecular weight excluding hydrogens is 311 g/mol. The van der Waals surface area contributed by atoms with Gasteiger partial charge in [0.25, 0.3) is 0 Å². The van der Waals surface area contributed by atoms with E-state index in [0.717, 1.165) is 28.0 Å². The van der Waals surface area contributed by atoms with Crippen molar-refractivity contribution in [3.05, 3.63) is 59.9 Å². The van der Waals surface area contributed by atoms with E-state index in [1.165, 1.54) is 12.1 Å². The predicted molar refractivity (Wildman–Crippen MR) is 95.0 cm³/mol. The van der Waals surface area contributed by atoms with Crippen LogP contribution in [0.5, 0.6) is 0 Å². The number of nitrogens with one attached hydrogen (secondary N) is 2. The van der Waals surface area contributed by atoms with E-state index >= 15 is 0 Å². The van der Waals surface area contributed by atoms with Crippen molar-refractivity contribution in [2.24, 2.45) is 0 Å². The van der Waals surface area contributed by atoms with Crippen LogP contribution in [0.25, 0.3) is 10.9 Å². The van der Waals surface area contributed by atoms with Crippen molar-refractivity contribution < 1.29 is 4.39 Å². The van der Waals surface area contributed by atoms with Crippen LogP contribution < -0.4 is 10.7 Å². The highest BCUT2D eigenvalue weighted by molar-refractivity contribution is 7.80. The van der Waals surface area contributed by atoms with Gasteiger partial charge in [-0.1, -0.05) is 30.3 Å². The Morgan fingerprint density at radius 1 is 1.09 bits per heavy atom. The van der Waals surface area contributed by atoms with Gasteiger partial charge in [0.15, 0.2) is 5.11 Å². The van der Waals surface area contributed by atoms with Crippen molar-refractivity contribution in [3.8, 4) is 0 Å². The first-order valence-electron chi connectivity index (χ1n) is 7.30. The van der Waals surface area contributed by atoms with Crippen molar-refractivity contribution in [1.29, 1.82) is 0 Å². The summed E-state index contributed by atoms with van der Waals surface area (Å²) in [5.74, 6) is 0.703. The molecule has 116 valence electrons. The third kappa shape index (κ3) is 2.31. The Kier molecular flexibility index (Phi) is 3.20. The molecule has 1 aliphatic rings. The first-order chi connectivity index (χ1) is 11.1. The molecule has 2 aromatic carbocycles. The van der Waals surface area contributed by atoms with Crippen LogP contribution in [0, 0.1) is 5.82 Å². The number of thiocarbonyl (C=S) groups is 1. The molecule has 2 heterocycles. The number of aromatic nitrogens is 1. The van der Waals surface area contributed by atoms with Crippen LogP contribution >= 0.6 is 12.2 Å². The molecule has 3 aromatic rings. The number of hydrogen-bond acceptors (Lipinski definition) is 2. The fraction of sp³-hybridized carbons (Fsp3) is 0.118. The Balaban J connectivity index is 1.87. The molecule has 0 saturated carbocycles. The Labute approximate surface area is 138 Å². The highest BCUT2D eigenvalue weighted by atomic mass is 32.1. The minimum Gasteiger partial charge on any atom is -0.321 e. The standard InChI is InChI=1S/C17H15FN4S/c1-21-17(23)19-16-15(20-21)13-4-2-3-5-14(13)22(16)10-11-6-8-12(18)9-7-11/h2-9,20H,10H2,1H3,(H,19,23). The molecule has 0 saturated heterocycles. The number of fused-ring (bicyclic) bond motifs is 3. The van der Waals surface area contributed by atoms with E-state index < -0.39 is 0 Å². The number of rotatable bonds is 2. The van der Waals surface area contributed by atoms with Crippen LogP contribution in [0.4, 0.5) is 15.9 Å². The van der Waals surface area contributed by atoms with Crippen LogP contribution in [0.3, 0.4) is 0 Å².